The largest absolute Gasteiger partial charge is 0.465 e. The molecule has 0 aliphatic carbocycles. The minimum atomic E-state index is -0.417. The number of ether oxygens (including phenoxy) is 1. The van der Waals surface area contributed by atoms with Crippen molar-refractivity contribution < 1.29 is 14.3 Å². The van der Waals surface area contributed by atoms with Crippen molar-refractivity contribution in [3.63, 3.8) is 0 Å². The first kappa shape index (κ1) is 16.5. The maximum Gasteiger partial charge on any atom is 0.337 e. The minimum Gasteiger partial charge on any atom is -0.465 e. The third-order valence-electron chi connectivity index (χ3n) is 3.20. The van der Waals surface area contributed by atoms with E-state index in [1.165, 1.54) is 18.4 Å². The number of rotatable bonds is 5. The number of hydrogen-bond donors (Lipinski definition) is 0. The highest BCUT2D eigenvalue weighted by Gasteiger charge is 2.16. The molecule has 0 radical (unpaired) electrons. The van der Waals surface area contributed by atoms with Gasteiger partial charge in [-0.15, -0.1) is 11.3 Å². The first-order valence-electron chi connectivity index (χ1n) is 6.77. The van der Waals surface area contributed by atoms with Crippen LogP contribution in [0, 0.1) is 0 Å². The lowest BCUT2D eigenvalue weighted by Gasteiger charge is -2.20. The van der Waals surface area contributed by atoms with Crippen molar-refractivity contribution in [3.8, 4) is 0 Å². The quantitative estimate of drug-likeness (QED) is 0.778. The van der Waals surface area contributed by atoms with E-state index in [0.717, 1.165) is 4.88 Å². The molecule has 1 heterocycles. The van der Waals surface area contributed by atoms with Gasteiger partial charge in [0, 0.05) is 17.0 Å². The number of nitrogens with zero attached hydrogens (tertiary/aromatic N) is 1. The van der Waals surface area contributed by atoms with E-state index in [2.05, 4.69) is 4.74 Å². The highest BCUT2D eigenvalue weighted by molar-refractivity contribution is 7.16. The fraction of sp³-hybridized carbons (Fsp3) is 0.250. The van der Waals surface area contributed by atoms with Crippen molar-refractivity contribution in [3.05, 3.63) is 56.7 Å². The third-order valence-corrected chi connectivity index (χ3v) is 4.41. The number of benzene rings is 1. The normalized spacial score (nSPS) is 10.3. The monoisotopic (exact) mass is 337 g/mol. The van der Waals surface area contributed by atoms with Crippen molar-refractivity contribution in [2.45, 2.75) is 13.5 Å². The van der Waals surface area contributed by atoms with E-state index in [1.54, 1.807) is 29.2 Å². The fourth-order valence-corrected chi connectivity index (χ4v) is 3.10. The molecule has 2 rings (SSSR count). The lowest BCUT2D eigenvalue weighted by Crippen LogP contribution is -2.30. The molecule has 0 aliphatic heterocycles. The van der Waals surface area contributed by atoms with Gasteiger partial charge in [-0.1, -0.05) is 11.6 Å². The topological polar surface area (TPSA) is 46.6 Å². The minimum absolute atomic E-state index is 0.0801. The van der Waals surface area contributed by atoms with Crippen LogP contribution >= 0.6 is 22.9 Å². The second-order valence-electron chi connectivity index (χ2n) is 4.59. The number of esters is 1. The van der Waals surface area contributed by atoms with E-state index in [4.69, 9.17) is 11.6 Å². The molecule has 4 nitrogen and oxygen atoms in total. The summed E-state index contributed by atoms with van der Waals surface area (Å²) in [6.07, 6.45) is 0. The van der Waals surface area contributed by atoms with E-state index >= 15 is 0 Å². The molecule has 6 heteroatoms. The zero-order valence-electron chi connectivity index (χ0n) is 12.3. The van der Waals surface area contributed by atoms with Gasteiger partial charge in [-0.25, -0.2) is 4.79 Å². The van der Waals surface area contributed by atoms with Gasteiger partial charge in [-0.3, -0.25) is 4.79 Å². The molecule has 1 amide bonds. The second-order valence-corrected chi connectivity index (χ2v) is 6.39. The zero-order valence-corrected chi connectivity index (χ0v) is 13.9. The van der Waals surface area contributed by atoms with Crippen LogP contribution in [0.3, 0.4) is 0 Å². The number of carbonyl (C=O) groups is 2. The predicted molar refractivity (Wildman–Crippen MR) is 87.5 cm³/mol. The Kier molecular flexibility index (Phi) is 5.57. The Bertz CT molecular complexity index is 666. The maximum absolute atomic E-state index is 12.5. The van der Waals surface area contributed by atoms with E-state index in [1.807, 2.05) is 19.1 Å². The Balaban J connectivity index is 2.12. The van der Waals surface area contributed by atoms with Gasteiger partial charge in [0.05, 0.1) is 23.6 Å². The van der Waals surface area contributed by atoms with Crippen molar-refractivity contribution >= 4 is 34.8 Å². The van der Waals surface area contributed by atoms with Gasteiger partial charge < -0.3 is 9.64 Å². The number of halogens is 1. The summed E-state index contributed by atoms with van der Waals surface area (Å²) in [4.78, 5) is 26.7. The first-order valence-corrected chi connectivity index (χ1v) is 7.96. The summed E-state index contributed by atoms with van der Waals surface area (Å²) in [7, 11) is 1.33. The van der Waals surface area contributed by atoms with E-state index in [9.17, 15) is 9.59 Å². The molecule has 1 aromatic heterocycles. The number of hydrogen-bond acceptors (Lipinski definition) is 4. The number of carbonyl (C=O) groups excluding carboxylic acids is 2. The fourth-order valence-electron chi connectivity index (χ4n) is 2.00. The molecule has 0 N–H and O–H groups in total. The Morgan fingerprint density at radius 2 is 1.77 bits per heavy atom. The van der Waals surface area contributed by atoms with Gasteiger partial charge in [-0.05, 0) is 43.3 Å². The van der Waals surface area contributed by atoms with Gasteiger partial charge in [0.2, 0.25) is 0 Å². The molecule has 22 heavy (non-hydrogen) atoms. The number of thiophene rings is 1. The summed E-state index contributed by atoms with van der Waals surface area (Å²) in [5, 5.41) is 0. The molecule has 2 aromatic rings. The average molecular weight is 338 g/mol. The van der Waals surface area contributed by atoms with Crippen LogP contribution in [0.4, 0.5) is 0 Å². The van der Waals surface area contributed by atoms with Crippen molar-refractivity contribution in [1.82, 2.24) is 4.90 Å². The lowest BCUT2D eigenvalue weighted by molar-refractivity contribution is 0.0599. The molecule has 0 bridgehead atoms. The third kappa shape index (κ3) is 3.87. The Morgan fingerprint density at radius 3 is 2.27 bits per heavy atom. The molecule has 0 saturated heterocycles. The molecule has 0 saturated carbocycles. The van der Waals surface area contributed by atoms with Crippen molar-refractivity contribution in [1.29, 1.82) is 0 Å². The first-order chi connectivity index (χ1) is 10.5. The Hall–Kier alpha value is -1.85. The molecule has 0 aliphatic rings. The Morgan fingerprint density at radius 1 is 1.14 bits per heavy atom. The van der Waals surface area contributed by atoms with Gasteiger partial charge >= 0.3 is 5.97 Å². The molecule has 0 fully saturated rings. The second kappa shape index (κ2) is 7.42. The summed E-state index contributed by atoms with van der Waals surface area (Å²) < 4.78 is 5.35. The molecule has 1 aromatic carbocycles. The smallest absolute Gasteiger partial charge is 0.337 e. The van der Waals surface area contributed by atoms with Gasteiger partial charge in [0.25, 0.3) is 5.91 Å². The summed E-state index contributed by atoms with van der Waals surface area (Å²) in [6, 6.07) is 10.2. The van der Waals surface area contributed by atoms with Crippen LogP contribution in [-0.2, 0) is 11.3 Å². The standard InChI is InChI=1S/C16H16ClNO3S/c1-3-18(10-13-8-9-14(17)22-13)15(19)11-4-6-12(7-5-11)16(20)21-2/h4-9H,3,10H2,1-2H3. The molecule has 0 spiro atoms. The van der Waals surface area contributed by atoms with Crippen molar-refractivity contribution in [2.24, 2.45) is 0 Å². The summed E-state index contributed by atoms with van der Waals surface area (Å²) in [5.74, 6) is -0.497. The number of amides is 1. The highest BCUT2D eigenvalue weighted by Crippen LogP contribution is 2.23. The van der Waals surface area contributed by atoms with Crippen LogP contribution < -0.4 is 0 Å². The highest BCUT2D eigenvalue weighted by atomic mass is 35.5. The van der Waals surface area contributed by atoms with Crippen LogP contribution in [0.1, 0.15) is 32.5 Å². The van der Waals surface area contributed by atoms with Crippen LogP contribution in [-0.4, -0.2) is 30.4 Å². The van der Waals surface area contributed by atoms with Crippen LogP contribution in [0.5, 0.6) is 0 Å². The van der Waals surface area contributed by atoms with E-state index in [-0.39, 0.29) is 5.91 Å². The van der Waals surface area contributed by atoms with Gasteiger partial charge in [0.1, 0.15) is 0 Å². The molecule has 0 unspecified atom stereocenters. The maximum atomic E-state index is 12.5. The lowest BCUT2D eigenvalue weighted by atomic mass is 10.1. The van der Waals surface area contributed by atoms with Crippen LogP contribution in [0.2, 0.25) is 4.34 Å². The molecular formula is C16H16ClNO3S. The summed E-state index contributed by atoms with van der Waals surface area (Å²) in [5.41, 5.74) is 0.962. The van der Waals surface area contributed by atoms with E-state index in [0.29, 0.717) is 28.6 Å². The predicted octanol–water partition coefficient (Wildman–Crippen LogP) is 3.85. The summed E-state index contributed by atoms with van der Waals surface area (Å²) in [6.45, 7) is 3.04. The van der Waals surface area contributed by atoms with Crippen LogP contribution in [0.25, 0.3) is 0 Å². The SMILES string of the molecule is CCN(Cc1ccc(Cl)s1)C(=O)c1ccc(C(=O)OC)cc1. The van der Waals surface area contributed by atoms with Gasteiger partial charge in [0.15, 0.2) is 0 Å². The zero-order chi connectivity index (χ0) is 16.1. The molecule has 116 valence electrons. The summed E-state index contributed by atoms with van der Waals surface area (Å²) >= 11 is 7.38. The average Bonchev–Trinajstić information content (AvgIpc) is 2.96. The number of methoxy groups -OCH3 is 1. The van der Waals surface area contributed by atoms with Crippen LogP contribution in [0.15, 0.2) is 36.4 Å². The molecule has 0 atom stereocenters. The van der Waals surface area contributed by atoms with Gasteiger partial charge in [-0.2, -0.15) is 0 Å². The Labute approximate surface area is 138 Å². The van der Waals surface area contributed by atoms with E-state index < -0.39 is 5.97 Å². The molecular weight excluding hydrogens is 322 g/mol. The van der Waals surface area contributed by atoms with Crippen molar-refractivity contribution in [2.75, 3.05) is 13.7 Å².